The Bertz CT molecular complexity index is 499. The topological polar surface area (TPSA) is 49.8 Å². The highest BCUT2D eigenvalue weighted by Crippen LogP contribution is 2.28. The van der Waals surface area contributed by atoms with E-state index >= 15 is 0 Å². The van der Waals surface area contributed by atoms with E-state index in [1.165, 1.54) is 11.1 Å². The largest absolute Gasteiger partial charge is 0.497 e. The van der Waals surface area contributed by atoms with Gasteiger partial charge in [0.15, 0.2) is 0 Å². The third kappa shape index (κ3) is 4.21. The standard InChI is InChI=1S/C17H25NO3/c1-12(2)10-18(11-17(19)20)15-6-4-13-5-7-16(21-3)9-14(13)8-15/h5,7,9,12,15H,4,6,8,10-11H2,1-3H3,(H,19,20). The van der Waals surface area contributed by atoms with Crippen molar-refractivity contribution in [2.45, 2.75) is 39.2 Å². The Morgan fingerprint density at radius 1 is 1.43 bits per heavy atom. The average Bonchev–Trinajstić information content (AvgIpc) is 2.44. The highest BCUT2D eigenvalue weighted by molar-refractivity contribution is 5.69. The quantitative estimate of drug-likeness (QED) is 0.875. The number of aryl methyl sites for hydroxylation is 1. The van der Waals surface area contributed by atoms with Crippen molar-refractivity contribution in [3.63, 3.8) is 0 Å². The number of nitrogens with zero attached hydrogens (tertiary/aromatic N) is 1. The second kappa shape index (κ2) is 6.94. The van der Waals surface area contributed by atoms with E-state index in [1.807, 2.05) is 6.07 Å². The Labute approximate surface area is 126 Å². The van der Waals surface area contributed by atoms with Gasteiger partial charge in [0.25, 0.3) is 0 Å². The predicted molar refractivity (Wildman–Crippen MR) is 82.9 cm³/mol. The zero-order valence-corrected chi connectivity index (χ0v) is 13.1. The number of fused-ring (bicyclic) bond motifs is 1. The maximum Gasteiger partial charge on any atom is 0.317 e. The number of rotatable bonds is 6. The Hall–Kier alpha value is -1.55. The molecule has 1 aliphatic rings. The van der Waals surface area contributed by atoms with Gasteiger partial charge in [-0.25, -0.2) is 0 Å². The fourth-order valence-corrected chi connectivity index (χ4v) is 3.14. The Balaban J connectivity index is 2.14. The molecule has 1 aromatic rings. The van der Waals surface area contributed by atoms with Crippen LogP contribution >= 0.6 is 0 Å². The van der Waals surface area contributed by atoms with Crippen molar-refractivity contribution in [3.8, 4) is 5.75 Å². The van der Waals surface area contributed by atoms with Gasteiger partial charge in [0.05, 0.1) is 13.7 Å². The van der Waals surface area contributed by atoms with Crippen LogP contribution in [0, 0.1) is 5.92 Å². The minimum absolute atomic E-state index is 0.127. The molecular formula is C17H25NO3. The SMILES string of the molecule is COc1ccc2c(c1)CC(N(CC(=O)O)CC(C)C)CC2. The molecule has 2 rings (SSSR count). The summed E-state index contributed by atoms with van der Waals surface area (Å²) in [7, 11) is 1.68. The summed E-state index contributed by atoms with van der Waals surface area (Å²) in [5.74, 6) is 0.603. The smallest absolute Gasteiger partial charge is 0.317 e. The Kier molecular flexibility index (Phi) is 5.23. The van der Waals surface area contributed by atoms with Crippen LogP contribution in [0.4, 0.5) is 0 Å². The fraction of sp³-hybridized carbons (Fsp3) is 0.588. The van der Waals surface area contributed by atoms with Gasteiger partial charge in [-0.3, -0.25) is 9.69 Å². The predicted octanol–water partition coefficient (Wildman–Crippen LogP) is 2.60. The molecule has 0 bridgehead atoms. The third-order valence-corrected chi connectivity index (χ3v) is 4.07. The minimum Gasteiger partial charge on any atom is -0.497 e. The summed E-state index contributed by atoms with van der Waals surface area (Å²) in [6.45, 7) is 5.22. The first-order valence-corrected chi connectivity index (χ1v) is 7.61. The molecule has 0 amide bonds. The van der Waals surface area contributed by atoms with Gasteiger partial charge in [0, 0.05) is 12.6 Å². The Morgan fingerprint density at radius 2 is 2.19 bits per heavy atom. The van der Waals surface area contributed by atoms with Gasteiger partial charge in [-0.05, 0) is 48.4 Å². The zero-order valence-electron chi connectivity index (χ0n) is 13.1. The normalized spacial score (nSPS) is 17.9. The highest BCUT2D eigenvalue weighted by atomic mass is 16.5. The highest BCUT2D eigenvalue weighted by Gasteiger charge is 2.26. The van der Waals surface area contributed by atoms with Gasteiger partial charge in [0.1, 0.15) is 5.75 Å². The molecule has 1 N–H and O–H groups in total. The first-order valence-electron chi connectivity index (χ1n) is 7.61. The summed E-state index contributed by atoms with van der Waals surface area (Å²) in [5, 5.41) is 9.14. The van der Waals surface area contributed by atoms with E-state index in [2.05, 4.69) is 30.9 Å². The van der Waals surface area contributed by atoms with Crippen LogP contribution in [0.15, 0.2) is 18.2 Å². The second-order valence-corrected chi connectivity index (χ2v) is 6.25. The molecule has 1 atom stereocenters. The monoisotopic (exact) mass is 291 g/mol. The van der Waals surface area contributed by atoms with Crippen LogP contribution in [0.3, 0.4) is 0 Å². The van der Waals surface area contributed by atoms with Crippen LogP contribution in [-0.4, -0.2) is 42.2 Å². The lowest BCUT2D eigenvalue weighted by Gasteiger charge is -2.35. The zero-order chi connectivity index (χ0) is 15.4. The molecule has 0 saturated heterocycles. The molecule has 0 aromatic heterocycles. The number of ether oxygens (including phenoxy) is 1. The lowest BCUT2D eigenvalue weighted by atomic mass is 9.87. The van der Waals surface area contributed by atoms with Crippen molar-refractivity contribution in [1.82, 2.24) is 4.90 Å². The maximum absolute atomic E-state index is 11.1. The van der Waals surface area contributed by atoms with Gasteiger partial charge in [-0.2, -0.15) is 0 Å². The number of carboxylic acids is 1. The van der Waals surface area contributed by atoms with Crippen molar-refractivity contribution >= 4 is 5.97 Å². The fourth-order valence-electron chi connectivity index (χ4n) is 3.14. The summed E-state index contributed by atoms with van der Waals surface area (Å²) in [5.41, 5.74) is 2.66. The number of hydrogen-bond donors (Lipinski definition) is 1. The van der Waals surface area contributed by atoms with Gasteiger partial charge >= 0.3 is 5.97 Å². The number of carboxylic acid groups (broad SMARTS) is 1. The molecule has 4 nitrogen and oxygen atoms in total. The molecule has 4 heteroatoms. The molecule has 1 unspecified atom stereocenters. The van der Waals surface area contributed by atoms with Gasteiger partial charge in [0.2, 0.25) is 0 Å². The summed E-state index contributed by atoms with van der Waals surface area (Å²) >= 11 is 0. The van der Waals surface area contributed by atoms with E-state index < -0.39 is 5.97 Å². The van der Waals surface area contributed by atoms with Crippen LogP contribution in [0.5, 0.6) is 5.75 Å². The first kappa shape index (κ1) is 15.8. The Morgan fingerprint density at radius 3 is 2.81 bits per heavy atom. The molecular weight excluding hydrogens is 266 g/mol. The lowest BCUT2D eigenvalue weighted by molar-refractivity contribution is -0.139. The molecule has 0 spiro atoms. The molecule has 0 aliphatic heterocycles. The van der Waals surface area contributed by atoms with Gasteiger partial charge in [-0.15, -0.1) is 0 Å². The summed E-state index contributed by atoms with van der Waals surface area (Å²) in [4.78, 5) is 13.2. The van der Waals surface area contributed by atoms with Crippen molar-refractivity contribution in [2.24, 2.45) is 5.92 Å². The number of benzene rings is 1. The van der Waals surface area contributed by atoms with Crippen LogP contribution in [-0.2, 0) is 17.6 Å². The molecule has 116 valence electrons. The van der Waals surface area contributed by atoms with E-state index in [0.29, 0.717) is 12.0 Å². The van der Waals surface area contributed by atoms with E-state index in [-0.39, 0.29) is 6.54 Å². The van der Waals surface area contributed by atoms with E-state index in [1.54, 1.807) is 7.11 Å². The second-order valence-electron chi connectivity index (χ2n) is 6.25. The number of methoxy groups -OCH3 is 1. The summed E-state index contributed by atoms with van der Waals surface area (Å²) in [6, 6.07) is 6.54. The number of hydrogen-bond acceptors (Lipinski definition) is 3. The van der Waals surface area contributed by atoms with Crippen LogP contribution in [0.25, 0.3) is 0 Å². The molecule has 0 saturated carbocycles. The molecule has 0 fully saturated rings. The molecule has 1 aromatic carbocycles. The van der Waals surface area contributed by atoms with E-state index in [4.69, 9.17) is 9.84 Å². The van der Waals surface area contributed by atoms with Crippen molar-refractivity contribution in [2.75, 3.05) is 20.2 Å². The van der Waals surface area contributed by atoms with Gasteiger partial charge < -0.3 is 9.84 Å². The van der Waals surface area contributed by atoms with Crippen molar-refractivity contribution < 1.29 is 14.6 Å². The molecule has 1 aliphatic carbocycles. The summed E-state index contributed by atoms with van der Waals surface area (Å²) < 4.78 is 5.30. The third-order valence-electron chi connectivity index (χ3n) is 4.07. The van der Waals surface area contributed by atoms with E-state index in [0.717, 1.165) is 31.6 Å². The molecule has 0 heterocycles. The number of aliphatic carboxylic acids is 1. The van der Waals surface area contributed by atoms with Crippen LogP contribution in [0.1, 0.15) is 31.4 Å². The van der Waals surface area contributed by atoms with E-state index in [9.17, 15) is 4.79 Å². The van der Waals surface area contributed by atoms with Crippen LogP contribution in [0.2, 0.25) is 0 Å². The van der Waals surface area contributed by atoms with Gasteiger partial charge in [-0.1, -0.05) is 19.9 Å². The minimum atomic E-state index is -0.743. The molecule has 21 heavy (non-hydrogen) atoms. The average molecular weight is 291 g/mol. The first-order chi connectivity index (χ1) is 9.99. The van der Waals surface area contributed by atoms with Crippen molar-refractivity contribution in [1.29, 1.82) is 0 Å². The number of carbonyl (C=O) groups is 1. The van der Waals surface area contributed by atoms with Crippen molar-refractivity contribution in [3.05, 3.63) is 29.3 Å². The maximum atomic E-state index is 11.1. The van der Waals surface area contributed by atoms with Crippen LogP contribution < -0.4 is 4.74 Å². The lowest BCUT2D eigenvalue weighted by Crippen LogP contribution is -2.44. The molecule has 0 radical (unpaired) electrons. The summed E-state index contributed by atoms with van der Waals surface area (Å²) in [6.07, 6.45) is 2.95.